The lowest BCUT2D eigenvalue weighted by Crippen LogP contribution is -2.23. The third-order valence-electron chi connectivity index (χ3n) is 5.74. The van der Waals surface area contributed by atoms with Gasteiger partial charge in [-0.25, -0.2) is 8.42 Å². The number of thioether (sulfide) groups is 1. The lowest BCUT2D eigenvalue weighted by Gasteiger charge is -2.13. The molecule has 7 nitrogen and oxygen atoms in total. The molecule has 1 aliphatic heterocycles. The molecular formula is C20H26N4O3S2. The molecule has 1 amide bonds. The van der Waals surface area contributed by atoms with E-state index in [4.69, 9.17) is 0 Å². The van der Waals surface area contributed by atoms with Crippen molar-refractivity contribution in [1.29, 1.82) is 0 Å². The van der Waals surface area contributed by atoms with E-state index in [0.29, 0.717) is 18.0 Å². The van der Waals surface area contributed by atoms with E-state index in [1.165, 1.54) is 29.3 Å². The zero-order valence-electron chi connectivity index (χ0n) is 16.7. The van der Waals surface area contributed by atoms with E-state index in [-0.39, 0.29) is 28.6 Å². The minimum atomic E-state index is -2.90. The Labute approximate surface area is 175 Å². The Kier molecular flexibility index (Phi) is 5.70. The van der Waals surface area contributed by atoms with Gasteiger partial charge in [0.2, 0.25) is 5.91 Å². The number of nitrogens with one attached hydrogen (secondary N) is 1. The normalized spacial score (nSPS) is 21.1. The van der Waals surface area contributed by atoms with Crippen molar-refractivity contribution >= 4 is 33.2 Å². The van der Waals surface area contributed by atoms with E-state index >= 15 is 0 Å². The first-order valence-corrected chi connectivity index (χ1v) is 12.7. The average Bonchev–Trinajstić information content (AvgIpc) is 3.36. The van der Waals surface area contributed by atoms with Gasteiger partial charge in [-0.3, -0.25) is 4.79 Å². The maximum absolute atomic E-state index is 12.6. The summed E-state index contributed by atoms with van der Waals surface area (Å²) in [5, 5.41) is 11.8. The van der Waals surface area contributed by atoms with Gasteiger partial charge in [0, 0.05) is 19.2 Å². The van der Waals surface area contributed by atoms with E-state index in [9.17, 15) is 13.2 Å². The maximum Gasteiger partial charge on any atom is 0.237 e. The van der Waals surface area contributed by atoms with Crippen molar-refractivity contribution in [2.75, 3.05) is 16.8 Å². The van der Waals surface area contributed by atoms with Crippen LogP contribution >= 0.6 is 11.8 Å². The Morgan fingerprint density at radius 1 is 1.31 bits per heavy atom. The molecule has 2 aliphatic rings. The third-order valence-corrected chi connectivity index (χ3v) is 8.71. The highest BCUT2D eigenvalue weighted by molar-refractivity contribution is 8.00. The van der Waals surface area contributed by atoms with Gasteiger partial charge in [-0.15, -0.1) is 10.2 Å². The predicted molar refractivity (Wildman–Crippen MR) is 114 cm³/mol. The van der Waals surface area contributed by atoms with Crippen molar-refractivity contribution in [2.24, 2.45) is 13.0 Å². The van der Waals surface area contributed by atoms with Gasteiger partial charge in [0.25, 0.3) is 0 Å². The largest absolute Gasteiger partial charge is 0.325 e. The van der Waals surface area contributed by atoms with E-state index in [1.54, 1.807) is 0 Å². The van der Waals surface area contributed by atoms with Crippen LogP contribution in [0.5, 0.6) is 0 Å². The van der Waals surface area contributed by atoms with Gasteiger partial charge in [-0.05, 0) is 61.8 Å². The fraction of sp³-hybridized carbons (Fsp3) is 0.550. The van der Waals surface area contributed by atoms with Crippen LogP contribution in [0.15, 0.2) is 23.4 Å². The molecule has 2 heterocycles. The molecule has 0 bridgehead atoms. The van der Waals surface area contributed by atoms with E-state index in [1.807, 2.05) is 24.6 Å². The number of fused-ring (bicyclic) bond motifs is 1. The minimum Gasteiger partial charge on any atom is -0.325 e. The highest BCUT2D eigenvalue weighted by Crippen LogP contribution is 2.28. The monoisotopic (exact) mass is 434 g/mol. The second-order valence-electron chi connectivity index (χ2n) is 8.02. The molecule has 2 aromatic rings. The Morgan fingerprint density at radius 3 is 2.86 bits per heavy atom. The first-order chi connectivity index (χ1) is 13.8. The second-order valence-corrected chi connectivity index (χ2v) is 11.6. The molecule has 1 aromatic carbocycles. The van der Waals surface area contributed by atoms with Crippen LogP contribution in [0.4, 0.5) is 5.69 Å². The lowest BCUT2D eigenvalue weighted by atomic mass is 10.1. The van der Waals surface area contributed by atoms with Gasteiger partial charge in [0.1, 0.15) is 5.82 Å². The number of hydrogen-bond acceptors (Lipinski definition) is 6. The first-order valence-electron chi connectivity index (χ1n) is 9.99. The highest BCUT2D eigenvalue weighted by Gasteiger charge is 2.29. The molecule has 0 unspecified atom stereocenters. The summed E-state index contributed by atoms with van der Waals surface area (Å²) in [6, 6.07) is 6.15. The molecule has 29 heavy (non-hydrogen) atoms. The molecular weight excluding hydrogens is 408 g/mol. The summed E-state index contributed by atoms with van der Waals surface area (Å²) in [6.45, 7) is 1.85. The highest BCUT2D eigenvalue weighted by atomic mass is 32.2. The molecule has 1 aliphatic carbocycles. The Morgan fingerprint density at radius 2 is 2.10 bits per heavy atom. The Hall–Kier alpha value is -1.87. The van der Waals surface area contributed by atoms with Crippen LogP contribution in [0.25, 0.3) is 0 Å². The van der Waals surface area contributed by atoms with Gasteiger partial charge < -0.3 is 9.88 Å². The number of amides is 1. The maximum atomic E-state index is 12.6. The number of sulfone groups is 1. The standard InChI is InChI=1S/C20H26N4O3S2/c1-13(19(25)21-17-7-6-15-4-3-5-16(15)11-17)28-20-23-22-18(24(20)2)10-14-8-9-29(26,27)12-14/h6-7,11,13-14H,3-5,8-10,12H2,1-2H3,(H,21,25)/t13-,14+/m0/s1. The van der Waals surface area contributed by atoms with Crippen LogP contribution in [-0.2, 0) is 40.9 Å². The third kappa shape index (κ3) is 4.66. The number of carbonyl (C=O) groups is 1. The Bertz CT molecular complexity index is 1030. The van der Waals surface area contributed by atoms with Gasteiger partial charge in [-0.1, -0.05) is 17.8 Å². The number of benzene rings is 1. The fourth-order valence-electron chi connectivity index (χ4n) is 4.02. The zero-order chi connectivity index (χ0) is 20.6. The summed E-state index contributed by atoms with van der Waals surface area (Å²) in [6.07, 6.45) is 4.65. The number of aromatic nitrogens is 3. The molecule has 0 saturated carbocycles. The van der Waals surface area contributed by atoms with Crippen LogP contribution in [0, 0.1) is 5.92 Å². The topological polar surface area (TPSA) is 93.9 Å². The average molecular weight is 435 g/mol. The zero-order valence-corrected chi connectivity index (χ0v) is 18.4. The van der Waals surface area contributed by atoms with Crippen molar-refractivity contribution in [3.63, 3.8) is 0 Å². The number of carbonyl (C=O) groups excluding carboxylic acids is 1. The van der Waals surface area contributed by atoms with Gasteiger partial charge in [-0.2, -0.15) is 0 Å². The van der Waals surface area contributed by atoms with Crippen LogP contribution in [0.3, 0.4) is 0 Å². The summed E-state index contributed by atoms with van der Waals surface area (Å²) in [7, 11) is -1.03. The van der Waals surface area contributed by atoms with E-state index < -0.39 is 9.84 Å². The molecule has 1 fully saturated rings. The van der Waals surface area contributed by atoms with Gasteiger partial charge in [0.15, 0.2) is 15.0 Å². The van der Waals surface area contributed by atoms with Crippen LogP contribution < -0.4 is 5.32 Å². The number of rotatable bonds is 6. The first kappa shape index (κ1) is 20.4. The molecule has 0 radical (unpaired) electrons. The van der Waals surface area contributed by atoms with Crippen molar-refractivity contribution in [3.05, 3.63) is 35.2 Å². The molecule has 0 spiro atoms. The lowest BCUT2D eigenvalue weighted by molar-refractivity contribution is -0.115. The summed E-state index contributed by atoms with van der Waals surface area (Å²) >= 11 is 1.36. The van der Waals surface area contributed by atoms with E-state index in [2.05, 4.69) is 27.6 Å². The van der Waals surface area contributed by atoms with Crippen molar-refractivity contribution in [3.8, 4) is 0 Å². The molecule has 4 rings (SSSR count). The summed E-state index contributed by atoms with van der Waals surface area (Å²) in [5.41, 5.74) is 3.55. The van der Waals surface area contributed by atoms with Crippen LogP contribution in [0.2, 0.25) is 0 Å². The molecule has 1 aromatic heterocycles. The van der Waals surface area contributed by atoms with Crippen molar-refractivity contribution in [2.45, 2.75) is 49.4 Å². The number of aryl methyl sites for hydroxylation is 2. The SMILES string of the molecule is C[C@H](Sc1nnc(C[C@H]2CCS(=O)(=O)C2)n1C)C(=O)Nc1ccc2c(c1)CCC2. The molecule has 156 valence electrons. The predicted octanol–water partition coefficient (Wildman–Crippen LogP) is 2.40. The van der Waals surface area contributed by atoms with Crippen LogP contribution in [0.1, 0.15) is 36.7 Å². The molecule has 9 heteroatoms. The Balaban J connectivity index is 1.36. The van der Waals surface area contributed by atoms with Gasteiger partial charge in [0.05, 0.1) is 16.8 Å². The van der Waals surface area contributed by atoms with Gasteiger partial charge >= 0.3 is 0 Å². The van der Waals surface area contributed by atoms with Crippen LogP contribution in [-0.4, -0.2) is 45.8 Å². The number of nitrogens with zero attached hydrogens (tertiary/aromatic N) is 3. The summed E-state index contributed by atoms with van der Waals surface area (Å²) in [5.74, 6) is 1.28. The quantitative estimate of drug-likeness (QED) is 0.702. The molecule has 2 atom stereocenters. The molecule has 1 N–H and O–H groups in total. The number of anilines is 1. The second kappa shape index (κ2) is 8.10. The summed E-state index contributed by atoms with van der Waals surface area (Å²) < 4.78 is 25.2. The summed E-state index contributed by atoms with van der Waals surface area (Å²) in [4.78, 5) is 12.6. The van der Waals surface area contributed by atoms with E-state index in [0.717, 1.165) is 24.4 Å². The van der Waals surface area contributed by atoms with Crippen molar-refractivity contribution in [1.82, 2.24) is 14.8 Å². The molecule has 1 saturated heterocycles. The number of hydrogen-bond donors (Lipinski definition) is 1. The fourth-order valence-corrected chi connectivity index (χ4v) is 6.72. The smallest absolute Gasteiger partial charge is 0.237 e. The minimum absolute atomic E-state index is 0.0700. The van der Waals surface area contributed by atoms with Crippen molar-refractivity contribution < 1.29 is 13.2 Å².